The Morgan fingerprint density at radius 1 is 1.36 bits per heavy atom. The average Bonchev–Trinajstić information content (AvgIpc) is 3.16. The van der Waals surface area contributed by atoms with Gasteiger partial charge in [-0.2, -0.15) is 10.1 Å². The van der Waals surface area contributed by atoms with Crippen molar-refractivity contribution in [3.8, 4) is 0 Å². The fourth-order valence-corrected chi connectivity index (χ4v) is 3.12. The number of aromatic amines is 1. The van der Waals surface area contributed by atoms with Crippen molar-refractivity contribution in [2.45, 2.75) is 25.2 Å². The SMILES string of the molecule is O=C(O)NCC1CCN(c2nccc(Nc3cc(C4CC4)[nH]n3)n2)C1. The Balaban J connectivity index is 1.38. The molecule has 1 aliphatic carbocycles. The third kappa shape index (κ3) is 3.81. The lowest BCUT2D eigenvalue weighted by molar-refractivity contribution is 0.192. The highest BCUT2D eigenvalue weighted by Crippen LogP contribution is 2.39. The number of anilines is 3. The number of nitrogens with zero attached hydrogens (tertiary/aromatic N) is 4. The van der Waals surface area contributed by atoms with Crippen molar-refractivity contribution in [3.63, 3.8) is 0 Å². The minimum absolute atomic E-state index is 0.281. The molecule has 3 heterocycles. The van der Waals surface area contributed by atoms with Crippen LogP contribution in [-0.2, 0) is 0 Å². The van der Waals surface area contributed by atoms with Crippen molar-refractivity contribution in [1.29, 1.82) is 0 Å². The van der Waals surface area contributed by atoms with Crippen LogP contribution in [0.3, 0.4) is 0 Å². The first-order valence-electron chi connectivity index (χ1n) is 8.54. The van der Waals surface area contributed by atoms with Crippen LogP contribution < -0.4 is 15.5 Å². The van der Waals surface area contributed by atoms with Crippen molar-refractivity contribution in [2.24, 2.45) is 5.92 Å². The maximum Gasteiger partial charge on any atom is 0.404 e. The highest BCUT2D eigenvalue weighted by atomic mass is 16.4. The summed E-state index contributed by atoms with van der Waals surface area (Å²) in [5, 5.41) is 21.7. The van der Waals surface area contributed by atoms with E-state index in [0.29, 0.717) is 24.2 Å². The van der Waals surface area contributed by atoms with Crippen LogP contribution in [0.2, 0.25) is 0 Å². The summed E-state index contributed by atoms with van der Waals surface area (Å²) < 4.78 is 0. The maximum absolute atomic E-state index is 10.6. The first kappa shape index (κ1) is 15.7. The van der Waals surface area contributed by atoms with E-state index in [-0.39, 0.29) is 5.92 Å². The Morgan fingerprint density at radius 3 is 3.04 bits per heavy atom. The van der Waals surface area contributed by atoms with Crippen molar-refractivity contribution >= 4 is 23.7 Å². The molecule has 4 N–H and O–H groups in total. The normalized spacial score (nSPS) is 19.8. The topological polar surface area (TPSA) is 119 Å². The van der Waals surface area contributed by atoms with E-state index >= 15 is 0 Å². The zero-order valence-corrected chi connectivity index (χ0v) is 13.8. The van der Waals surface area contributed by atoms with E-state index in [1.165, 1.54) is 18.5 Å². The summed E-state index contributed by atoms with van der Waals surface area (Å²) in [6.07, 6.45) is 4.12. The molecule has 1 unspecified atom stereocenters. The summed E-state index contributed by atoms with van der Waals surface area (Å²) in [7, 11) is 0. The number of hydrogen-bond acceptors (Lipinski definition) is 6. The number of carboxylic acid groups (broad SMARTS) is 1. The van der Waals surface area contributed by atoms with Gasteiger partial charge in [0.15, 0.2) is 5.82 Å². The molecular weight excluding hydrogens is 322 g/mol. The largest absolute Gasteiger partial charge is 0.465 e. The van der Waals surface area contributed by atoms with Gasteiger partial charge in [0, 0.05) is 43.5 Å². The van der Waals surface area contributed by atoms with Crippen LogP contribution in [0.5, 0.6) is 0 Å². The van der Waals surface area contributed by atoms with Gasteiger partial charge >= 0.3 is 6.09 Å². The number of aromatic nitrogens is 4. The Kier molecular flexibility index (Phi) is 4.12. The molecule has 9 heteroatoms. The first-order chi connectivity index (χ1) is 12.2. The second-order valence-electron chi connectivity index (χ2n) is 6.64. The predicted molar refractivity (Wildman–Crippen MR) is 92.2 cm³/mol. The Bertz CT molecular complexity index is 758. The van der Waals surface area contributed by atoms with Gasteiger partial charge in [0.25, 0.3) is 0 Å². The lowest BCUT2D eigenvalue weighted by Crippen LogP contribution is -2.30. The molecule has 132 valence electrons. The quantitative estimate of drug-likeness (QED) is 0.632. The molecule has 25 heavy (non-hydrogen) atoms. The van der Waals surface area contributed by atoms with Gasteiger partial charge in [-0.3, -0.25) is 5.10 Å². The molecule has 1 saturated heterocycles. The van der Waals surface area contributed by atoms with Gasteiger partial charge < -0.3 is 20.6 Å². The molecule has 2 fully saturated rings. The van der Waals surface area contributed by atoms with E-state index in [1.807, 2.05) is 12.1 Å². The van der Waals surface area contributed by atoms with Crippen molar-refractivity contribution in [1.82, 2.24) is 25.5 Å². The van der Waals surface area contributed by atoms with Gasteiger partial charge in [-0.05, 0) is 31.2 Å². The van der Waals surface area contributed by atoms with Gasteiger partial charge in [0.05, 0.1) is 0 Å². The van der Waals surface area contributed by atoms with Crippen LogP contribution in [0.4, 0.5) is 22.4 Å². The molecule has 9 nitrogen and oxygen atoms in total. The Morgan fingerprint density at radius 2 is 2.24 bits per heavy atom. The van der Waals surface area contributed by atoms with Crippen LogP contribution in [0.25, 0.3) is 0 Å². The number of hydrogen-bond donors (Lipinski definition) is 4. The maximum atomic E-state index is 10.6. The molecule has 2 aliphatic rings. The third-order valence-corrected chi connectivity index (χ3v) is 4.62. The van der Waals surface area contributed by atoms with Crippen LogP contribution in [0.1, 0.15) is 30.9 Å². The summed E-state index contributed by atoms with van der Waals surface area (Å²) in [5.74, 6) is 3.02. The van der Waals surface area contributed by atoms with E-state index in [2.05, 4.69) is 35.7 Å². The molecular formula is C16H21N7O2. The van der Waals surface area contributed by atoms with Gasteiger partial charge in [0.1, 0.15) is 5.82 Å². The molecule has 2 aromatic rings. The first-order valence-corrected chi connectivity index (χ1v) is 8.54. The number of amides is 1. The molecule has 0 bridgehead atoms. The second kappa shape index (κ2) is 6.58. The standard InChI is InChI=1S/C16H21N7O2/c24-16(25)18-8-10-4-6-23(9-10)15-17-5-3-13(20-15)19-14-7-12(21-22-14)11-1-2-11/h3,5,7,10-11,18H,1-2,4,6,8-9H2,(H,24,25)(H2,17,19,20,21,22). The zero-order valence-electron chi connectivity index (χ0n) is 13.8. The van der Waals surface area contributed by atoms with Crippen LogP contribution in [-0.4, -0.2) is 51.0 Å². The molecule has 1 atom stereocenters. The van der Waals surface area contributed by atoms with Crippen molar-refractivity contribution < 1.29 is 9.90 Å². The minimum Gasteiger partial charge on any atom is -0.465 e. The number of carbonyl (C=O) groups is 1. The van der Waals surface area contributed by atoms with Crippen LogP contribution in [0.15, 0.2) is 18.3 Å². The van der Waals surface area contributed by atoms with Gasteiger partial charge in [-0.25, -0.2) is 9.78 Å². The van der Waals surface area contributed by atoms with Crippen LogP contribution in [0, 0.1) is 5.92 Å². The summed E-state index contributed by atoms with van der Waals surface area (Å²) in [6.45, 7) is 2.03. The third-order valence-electron chi connectivity index (χ3n) is 4.62. The molecule has 1 aliphatic heterocycles. The Labute approximate surface area is 144 Å². The van der Waals surface area contributed by atoms with Crippen molar-refractivity contribution in [2.75, 3.05) is 29.9 Å². The molecule has 2 aromatic heterocycles. The van der Waals surface area contributed by atoms with Gasteiger partial charge in [-0.15, -0.1) is 0 Å². The van der Waals surface area contributed by atoms with Crippen LogP contribution >= 0.6 is 0 Å². The van der Waals surface area contributed by atoms with Gasteiger partial charge in [0.2, 0.25) is 5.95 Å². The average molecular weight is 343 g/mol. The highest BCUT2D eigenvalue weighted by molar-refractivity contribution is 5.64. The number of nitrogens with one attached hydrogen (secondary N) is 3. The van der Waals surface area contributed by atoms with E-state index in [9.17, 15) is 4.79 Å². The summed E-state index contributed by atoms with van der Waals surface area (Å²) >= 11 is 0. The molecule has 1 amide bonds. The molecule has 1 saturated carbocycles. The molecule has 0 spiro atoms. The highest BCUT2D eigenvalue weighted by Gasteiger charge is 2.26. The van der Waals surface area contributed by atoms with E-state index in [1.54, 1.807) is 6.20 Å². The summed E-state index contributed by atoms with van der Waals surface area (Å²) in [6, 6.07) is 3.84. The molecule has 0 radical (unpaired) electrons. The minimum atomic E-state index is -0.981. The number of rotatable bonds is 6. The Hall–Kier alpha value is -2.84. The van der Waals surface area contributed by atoms with E-state index < -0.39 is 6.09 Å². The summed E-state index contributed by atoms with van der Waals surface area (Å²) in [4.78, 5) is 21.6. The van der Waals surface area contributed by atoms with E-state index in [0.717, 1.165) is 25.3 Å². The lowest BCUT2D eigenvalue weighted by Gasteiger charge is -2.17. The number of H-pyrrole nitrogens is 1. The summed E-state index contributed by atoms with van der Waals surface area (Å²) in [5.41, 5.74) is 1.17. The van der Waals surface area contributed by atoms with Gasteiger partial charge in [-0.1, -0.05) is 0 Å². The lowest BCUT2D eigenvalue weighted by atomic mass is 10.1. The predicted octanol–water partition coefficient (Wildman–Crippen LogP) is 1.91. The zero-order chi connectivity index (χ0) is 17.2. The smallest absolute Gasteiger partial charge is 0.404 e. The second-order valence-corrected chi connectivity index (χ2v) is 6.64. The van der Waals surface area contributed by atoms with E-state index in [4.69, 9.17) is 5.11 Å². The van der Waals surface area contributed by atoms with Crippen molar-refractivity contribution in [3.05, 3.63) is 24.0 Å². The monoisotopic (exact) mass is 343 g/mol. The fraction of sp³-hybridized carbons (Fsp3) is 0.500. The fourth-order valence-electron chi connectivity index (χ4n) is 3.12. The molecule has 4 rings (SSSR count). The molecule has 0 aromatic carbocycles.